The summed E-state index contributed by atoms with van der Waals surface area (Å²) in [6.45, 7) is 0. The van der Waals surface area contributed by atoms with E-state index in [0.29, 0.717) is 11.1 Å². The Bertz CT molecular complexity index is 564. The van der Waals surface area contributed by atoms with Gasteiger partial charge in [-0.3, -0.25) is 8.57 Å². The first-order valence-electron chi connectivity index (χ1n) is 4.54. The third kappa shape index (κ3) is 2.07. The standard InChI is InChI=1S/C8H4N2O6S2/c11-17-13-7(9-15-17)5-2-1-3-6(4-5)8-10-16-18(12)14-8/h1-4H. The van der Waals surface area contributed by atoms with E-state index in [-0.39, 0.29) is 11.8 Å². The normalized spacial score (nSPS) is 25.3. The molecule has 1 aromatic carbocycles. The second-order valence-corrected chi connectivity index (χ2v) is 4.55. The highest BCUT2D eigenvalue weighted by atomic mass is 32.2. The van der Waals surface area contributed by atoms with E-state index in [1.54, 1.807) is 24.3 Å². The lowest BCUT2D eigenvalue weighted by Crippen LogP contribution is -2.06. The van der Waals surface area contributed by atoms with Crippen LogP contribution in [0, 0.1) is 0 Å². The molecule has 0 saturated heterocycles. The van der Waals surface area contributed by atoms with Gasteiger partial charge in [-0.05, 0) is 28.5 Å². The molecule has 0 aliphatic carbocycles. The lowest BCUT2D eigenvalue weighted by molar-refractivity contribution is 0.370. The van der Waals surface area contributed by atoms with Crippen LogP contribution in [0.5, 0.6) is 0 Å². The van der Waals surface area contributed by atoms with E-state index in [1.807, 2.05) is 0 Å². The van der Waals surface area contributed by atoms with Gasteiger partial charge in [0.1, 0.15) is 0 Å². The Balaban J connectivity index is 1.90. The monoisotopic (exact) mass is 288 g/mol. The number of oxime groups is 2. The number of benzene rings is 1. The molecule has 18 heavy (non-hydrogen) atoms. The van der Waals surface area contributed by atoms with Gasteiger partial charge in [0.05, 0.1) is 0 Å². The molecule has 10 heteroatoms. The highest BCUT2D eigenvalue weighted by Gasteiger charge is 2.23. The summed E-state index contributed by atoms with van der Waals surface area (Å²) in [4.78, 5) is 0. The van der Waals surface area contributed by atoms with Gasteiger partial charge in [0.25, 0.3) is 11.8 Å². The first-order valence-corrected chi connectivity index (χ1v) is 6.54. The van der Waals surface area contributed by atoms with E-state index >= 15 is 0 Å². The van der Waals surface area contributed by atoms with Crippen molar-refractivity contribution in [1.29, 1.82) is 0 Å². The Morgan fingerprint density at radius 1 is 0.889 bits per heavy atom. The average Bonchev–Trinajstić information content (AvgIpc) is 2.98. The van der Waals surface area contributed by atoms with Crippen LogP contribution in [0.2, 0.25) is 0 Å². The first-order chi connectivity index (χ1) is 8.72. The van der Waals surface area contributed by atoms with E-state index < -0.39 is 22.7 Å². The molecule has 0 N–H and O–H groups in total. The quantitative estimate of drug-likeness (QED) is 0.774. The zero-order valence-electron chi connectivity index (χ0n) is 8.47. The van der Waals surface area contributed by atoms with Gasteiger partial charge in [-0.15, -0.1) is 0 Å². The SMILES string of the molecule is O=S1ON=C(c2cccc(C3=NOS(=O)O3)c2)O1. The summed E-state index contributed by atoms with van der Waals surface area (Å²) in [5.74, 6) is 0.159. The molecule has 2 atom stereocenters. The number of hydrogen-bond donors (Lipinski definition) is 0. The summed E-state index contributed by atoms with van der Waals surface area (Å²) < 4.78 is 40.1. The third-order valence-corrected chi connectivity index (χ3v) is 2.99. The van der Waals surface area contributed by atoms with Crippen LogP contribution < -0.4 is 0 Å². The van der Waals surface area contributed by atoms with Gasteiger partial charge >= 0.3 is 22.7 Å². The van der Waals surface area contributed by atoms with E-state index in [9.17, 15) is 8.42 Å². The van der Waals surface area contributed by atoms with Gasteiger partial charge < -0.3 is 8.37 Å². The molecular formula is C8H4N2O6S2. The van der Waals surface area contributed by atoms with E-state index in [2.05, 4.69) is 18.9 Å². The van der Waals surface area contributed by atoms with Crippen molar-refractivity contribution in [1.82, 2.24) is 0 Å². The van der Waals surface area contributed by atoms with Crippen molar-refractivity contribution >= 4 is 34.5 Å². The van der Waals surface area contributed by atoms with Crippen LogP contribution >= 0.6 is 0 Å². The molecule has 2 aliphatic rings. The summed E-state index contributed by atoms with van der Waals surface area (Å²) in [7, 11) is 0. The van der Waals surface area contributed by atoms with Crippen LogP contribution in [-0.4, -0.2) is 20.2 Å². The maximum absolute atomic E-state index is 10.9. The predicted octanol–water partition coefficient (Wildman–Crippen LogP) is 0.261. The minimum atomic E-state index is -1.91. The molecule has 0 aromatic heterocycles. The molecule has 0 fully saturated rings. The molecule has 8 nitrogen and oxygen atoms in total. The lowest BCUT2D eigenvalue weighted by atomic mass is 10.1. The second-order valence-electron chi connectivity index (χ2n) is 3.10. The number of hydrogen-bond acceptors (Lipinski definition) is 8. The molecule has 1 aromatic rings. The highest BCUT2D eigenvalue weighted by molar-refractivity contribution is 7.76. The summed E-state index contributed by atoms with van der Waals surface area (Å²) in [6.07, 6.45) is 0. The van der Waals surface area contributed by atoms with Crippen molar-refractivity contribution in [3.8, 4) is 0 Å². The van der Waals surface area contributed by atoms with E-state index in [4.69, 9.17) is 8.37 Å². The topological polar surface area (TPSA) is 95.8 Å². The summed E-state index contributed by atoms with van der Waals surface area (Å²) >= 11 is -3.81. The number of nitrogens with zero attached hydrogens (tertiary/aromatic N) is 2. The van der Waals surface area contributed by atoms with Gasteiger partial charge in [-0.2, -0.15) is 8.42 Å². The maximum atomic E-state index is 10.9. The lowest BCUT2D eigenvalue weighted by Gasteiger charge is -2.00. The van der Waals surface area contributed by atoms with Gasteiger partial charge in [0, 0.05) is 11.1 Å². The second kappa shape index (κ2) is 4.38. The Labute approximate surface area is 106 Å². The summed E-state index contributed by atoms with van der Waals surface area (Å²) in [6, 6.07) is 6.60. The van der Waals surface area contributed by atoms with Gasteiger partial charge in [-0.1, -0.05) is 6.07 Å². The fraction of sp³-hybridized carbons (Fsp3) is 0. The largest absolute Gasteiger partial charge is 0.441 e. The van der Waals surface area contributed by atoms with Crippen LogP contribution in [0.15, 0.2) is 34.6 Å². The Hall–Kier alpha value is -1.94. The van der Waals surface area contributed by atoms with Gasteiger partial charge in [-0.25, -0.2) is 0 Å². The minimum Gasteiger partial charge on any atom is -0.345 e. The van der Waals surface area contributed by atoms with E-state index in [0.717, 1.165) is 0 Å². The highest BCUT2D eigenvalue weighted by Crippen LogP contribution is 2.17. The number of rotatable bonds is 2. The predicted molar refractivity (Wildman–Crippen MR) is 60.1 cm³/mol. The fourth-order valence-electron chi connectivity index (χ4n) is 1.31. The maximum Gasteiger partial charge on any atom is 0.441 e. The zero-order chi connectivity index (χ0) is 12.5. The van der Waals surface area contributed by atoms with Crippen LogP contribution in [0.25, 0.3) is 0 Å². The van der Waals surface area contributed by atoms with Crippen molar-refractivity contribution in [2.75, 3.05) is 0 Å². The zero-order valence-corrected chi connectivity index (χ0v) is 10.1. The molecule has 2 aliphatic heterocycles. The van der Waals surface area contributed by atoms with Crippen molar-refractivity contribution < 1.29 is 25.4 Å². The van der Waals surface area contributed by atoms with Crippen LogP contribution in [0.3, 0.4) is 0 Å². The van der Waals surface area contributed by atoms with Crippen molar-refractivity contribution in [2.24, 2.45) is 10.3 Å². The third-order valence-electron chi connectivity index (χ3n) is 2.01. The van der Waals surface area contributed by atoms with Crippen molar-refractivity contribution in [3.63, 3.8) is 0 Å². The minimum absolute atomic E-state index is 0.0795. The van der Waals surface area contributed by atoms with Gasteiger partial charge in [0.2, 0.25) is 0 Å². The first kappa shape index (κ1) is 11.2. The molecular weight excluding hydrogens is 284 g/mol. The Kier molecular flexibility index (Phi) is 2.72. The van der Waals surface area contributed by atoms with E-state index in [1.165, 1.54) is 0 Å². The Morgan fingerprint density at radius 3 is 1.78 bits per heavy atom. The molecule has 0 amide bonds. The summed E-state index contributed by atoms with van der Waals surface area (Å²) in [5.41, 5.74) is 1.03. The molecule has 0 spiro atoms. The molecule has 0 radical (unpaired) electrons. The molecule has 0 saturated carbocycles. The smallest absolute Gasteiger partial charge is 0.345 e. The molecule has 0 bridgehead atoms. The molecule has 2 unspecified atom stereocenters. The fourth-order valence-corrected chi connectivity index (χ4v) is 2.13. The van der Waals surface area contributed by atoms with Crippen LogP contribution in [0.4, 0.5) is 0 Å². The molecule has 94 valence electrons. The van der Waals surface area contributed by atoms with Gasteiger partial charge in [0.15, 0.2) is 0 Å². The van der Waals surface area contributed by atoms with Crippen LogP contribution in [-0.2, 0) is 39.7 Å². The van der Waals surface area contributed by atoms with Crippen molar-refractivity contribution in [2.45, 2.75) is 0 Å². The Morgan fingerprint density at radius 2 is 1.39 bits per heavy atom. The summed E-state index contributed by atoms with van der Waals surface area (Å²) in [5, 5.41) is 6.98. The van der Waals surface area contributed by atoms with Crippen molar-refractivity contribution in [3.05, 3.63) is 35.4 Å². The average molecular weight is 288 g/mol. The molecule has 2 heterocycles. The molecule has 3 rings (SSSR count). The van der Waals surface area contributed by atoms with Crippen LogP contribution in [0.1, 0.15) is 11.1 Å².